The second kappa shape index (κ2) is 5.84. The van der Waals surface area contributed by atoms with Crippen LogP contribution < -0.4 is 10.6 Å². The van der Waals surface area contributed by atoms with Gasteiger partial charge in [-0.1, -0.05) is 26.2 Å². The van der Waals surface area contributed by atoms with Gasteiger partial charge in [-0.25, -0.2) is 9.97 Å². The van der Waals surface area contributed by atoms with Gasteiger partial charge in [0.15, 0.2) is 0 Å². The van der Waals surface area contributed by atoms with Crippen molar-refractivity contribution < 1.29 is 0 Å². The van der Waals surface area contributed by atoms with Crippen LogP contribution in [0.1, 0.15) is 39.0 Å². The van der Waals surface area contributed by atoms with Crippen molar-refractivity contribution in [2.75, 3.05) is 17.7 Å². The minimum atomic E-state index is 0.577. The molecule has 2 rings (SSSR count). The van der Waals surface area contributed by atoms with Gasteiger partial charge < -0.3 is 10.6 Å². The molecule has 4 nitrogen and oxygen atoms in total. The topological polar surface area (TPSA) is 49.8 Å². The minimum Gasteiger partial charge on any atom is -0.373 e. The van der Waals surface area contributed by atoms with Gasteiger partial charge >= 0.3 is 0 Å². The predicted molar refractivity (Wildman–Crippen MR) is 71.2 cm³/mol. The fraction of sp³-hybridized carbons (Fsp3) is 0.692. The zero-order valence-corrected chi connectivity index (χ0v) is 10.7. The summed E-state index contributed by atoms with van der Waals surface area (Å²) in [5.74, 6) is 2.60. The Kier molecular flexibility index (Phi) is 4.18. The van der Waals surface area contributed by atoms with Crippen molar-refractivity contribution in [1.29, 1.82) is 0 Å². The van der Waals surface area contributed by atoms with Gasteiger partial charge in [0.05, 0.1) is 0 Å². The molecule has 1 aliphatic rings. The number of nitrogens with one attached hydrogen (secondary N) is 2. The fourth-order valence-corrected chi connectivity index (χ4v) is 2.65. The fourth-order valence-electron chi connectivity index (χ4n) is 2.65. The summed E-state index contributed by atoms with van der Waals surface area (Å²) in [7, 11) is 1.88. The molecule has 1 saturated carbocycles. The lowest BCUT2D eigenvalue weighted by Crippen LogP contribution is -2.32. The second-order valence-electron chi connectivity index (χ2n) is 4.74. The monoisotopic (exact) mass is 234 g/mol. The van der Waals surface area contributed by atoms with E-state index < -0.39 is 0 Å². The maximum absolute atomic E-state index is 4.29. The number of anilines is 2. The van der Waals surface area contributed by atoms with Gasteiger partial charge in [0.1, 0.15) is 18.0 Å². The zero-order valence-electron chi connectivity index (χ0n) is 10.7. The van der Waals surface area contributed by atoms with Crippen LogP contribution in [0.4, 0.5) is 11.6 Å². The summed E-state index contributed by atoms with van der Waals surface area (Å²) in [6.45, 7) is 2.28. The molecule has 1 fully saturated rings. The van der Waals surface area contributed by atoms with Crippen molar-refractivity contribution in [3.05, 3.63) is 12.4 Å². The molecule has 2 unspecified atom stereocenters. The molecule has 2 atom stereocenters. The summed E-state index contributed by atoms with van der Waals surface area (Å²) in [5.41, 5.74) is 0. The number of hydrogen-bond acceptors (Lipinski definition) is 4. The van der Waals surface area contributed by atoms with E-state index in [0.717, 1.165) is 17.6 Å². The normalized spacial score (nSPS) is 24.4. The van der Waals surface area contributed by atoms with Gasteiger partial charge in [-0.15, -0.1) is 0 Å². The first kappa shape index (κ1) is 12.1. The summed E-state index contributed by atoms with van der Waals surface area (Å²) < 4.78 is 0. The third-order valence-corrected chi connectivity index (χ3v) is 3.69. The number of aromatic nitrogens is 2. The van der Waals surface area contributed by atoms with Crippen molar-refractivity contribution in [1.82, 2.24) is 9.97 Å². The van der Waals surface area contributed by atoms with Crippen LogP contribution in [-0.2, 0) is 0 Å². The molecule has 1 aromatic rings. The third-order valence-electron chi connectivity index (χ3n) is 3.69. The largest absolute Gasteiger partial charge is 0.373 e. The van der Waals surface area contributed by atoms with Crippen LogP contribution in [0.15, 0.2) is 12.4 Å². The Hall–Kier alpha value is -1.32. The highest BCUT2D eigenvalue weighted by Crippen LogP contribution is 2.29. The van der Waals surface area contributed by atoms with Crippen LogP contribution in [0.2, 0.25) is 0 Å². The van der Waals surface area contributed by atoms with E-state index in [2.05, 4.69) is 27.5 Å². The first-order valence-electron chi connectivity index (χ1n) is 6.59. The molecule has 2 N–H and O–H groups in total. The maximum atomic E-state index is 4.29. The van der Waals surface area contributed by atoms with E-state index in [1.54, 1.807) is 6.33 Å². The minimum absolute atomic E-state index is 0.577. The van der Waals surface area contributed by atoms with E-state index in [1.165, 1.54) is 32.1 Å². The first-order chi connectivity index (χ1) is 8.33. The second-order valence-corrected chi connectivity index (χ2v) is 4.74. The van der Waals surface area contributed by atoms with Crippen LogP contribution in [0.25, 0.3) is 0 Å². The van der Waals surface area contributed by atoms with Crippen LogP contribution in [0.5, 0.6) is 0 Å². The van der Waals surface area contributed by atoms with Crippen molar-refractivity contribution in [2.24, 2.45) is 5.92 Å². The molecule has 1 aromatic heterocycles. The highest BCUT2D eigenvalue weighted by Gasteiger charge is 2.23. The van der Waals surface area contributed by atoms with Gasteiger partial charge in [0, 0.05) is 19.2 Å². The van der Waals surface area contributed by atoms with Gasteiger partial charge in [0.2, 0.25) is 0 Å². The number of rotatable bonds is 4. The van der Waals surface area contributed by atoms with Gasteiger partial charge in [-0.2, -0.15) is 0 Å². The van der Waals surface area contributed by atoms with Crippen LogP contribution in [0.3, 0.4) is 0 Å². The quantitative estimate of drug-likeness (QED) is 0.841. The van der Waals surface area contributed by atoms with Crippen molar-refractivity contribution in [3.8, 4) is 0 Å². The molecule has 4 heteroatoms. The Balaban J connectivity index is 2.02. The molecule has 17 heavy (non-hydrogen) atoms. The molecule has 1 aliphatic carbocycles. The molecule has 0 radical (unpaired) electrons. The van der Waals surface area contributed by atoms with Crippen LogP contribution in [0, 0.1) is 5.92 Å². The predicted octanol–water partition coefficient (Wildman–Crippen LogP) is 2.90. The van der Waals surface area contributed by atoms with Crippen LogP contribution in [-0.4, -0.2) is 23.1 Å². The average Bonchev–Trinajstić information content (AvgIpc) is 2.39. The Labute approximate surface area is 103 Å². The summed E-state index contributed by atoms with van der Waals surface area (Å²) >= 11 is 0. The van der Waals surface area contributed by atoms with E-state index in [-0.39, 0.29) is 0 Å². The molecule has 0 bridgehead atoms. The van der Waals surface area contributed by atoms with E-state index >= 15 is 0 Å². The molecule has 94 valence electrons. The lowest BCUT2D eigenvalue weighted by molar-refractivity contribution is 0.317. The molecule has 1 heterocycles. The van der Waals surface area contributed by atoms with E-state index in [1.807, 2.05) is 13.1 Å². The highest BCUT2D eigenvalue weighted by molar-refractivity contribution is 5.46. The van der Waals surface area contributed by atoms with Crippen molar-refractivity contribution in [2.45, 2.75) is 45.1 Å². The summed E-state index contributed by atoms with van der Waals surface area (Å²) in [6, 6.07) is 2.55. The van der Waals surface area contributed by atoms with Crippen LogP contribution >= 0.6 is 0 Å². The summed E-state index contributed by atoms with van der Waals surface area (Å²) in [6.07, 6.45) is 8.18. The molecule has 0 amide bonds. The van der Waals surface area contributed by atoms with Gasteiger partial charge in [0.25, 0.3) is 0 Å². The number of hydrogen-bond donors (Lipinski definition) is 2. The summed E-state index contributed by atoms with van der Waals surface area (Å²) in [4.78, 5) is 8.42. The SMILES string of the molecule is CCC1CCCCC1Nc1cc(NC)ncn1. The smallest absolute Gasteiger partial charge is 0.131 e. The molecular weight excluding hydrogens is 212 g/mol. The summed E-state index contributed by atoms with van der Waals surface area (Å²) in [5, 5.41) is 6.60. The average molecular weight is 234 g/mol. The lowest BCUT2D eigenvalue weighted by Gasteiger charge is -2.31. The maximum Gasteiger partial charge on any atom is 0.131 e. The van der Waals surface area contributed by atoms with Crippen molar-refractivity contribution in [3.63, 3.8) is 0 Å². The Morgan fingerprint density at radius 3 is 2.76 bits per heavy atom. The third kappa shape index (κ3) is 3.08. The molecular formula is C13H22N4. The van der Waals surface area contributed by atoms with Gasteiger partial charge in [-0.3, -0.25) is 0 Å². The molecule has 0 aromatic carbocycles. The number of nitrogens with zero attached hydrogens (tertiary/aromatic N) is 2. The molecule has 0 aliphatic heterocycles. The van der Waals surface area contributed by atoms with E-state index in [0.29, 0.717) is 6.04 Å². The van der Waals surface area contributed by atoms with E-state index in [9.17, 15) is 0 Å². The Morgan fingerprint density at radius 1 is 1.24 bits per heavy atom. The van der Waals surface area contributed by atoms with E-state index in [4.69, 9.17) is 0 Å². The molecule has 0 saturated heterocycles. The zero-order chi connectivity index (χ0) is 12.1. The lowest BCUT2D eigenvalue weighted by atomic mass is 9.83. The Bertz CT molecular complexity index is 353. The first-order valence-corrected chi connectivity index (χ1v) is 6.59. The van der Waals surface area contributed by atoms with Crippen molar-refractivity contribution >= 4 is 11.6 Å². The highest BCUT2D eigenvalue weighted by atomic mass is 15.1. The molecule has 0 spiro atoms. The Morgan fingerprint density at radius 2 is 2.00 bits per heavy atom. The standard InChI is InChI=1S/C13H22N4/c1-3-10-6-4-5-7-11(10)17-13-8-12(14-2)15-9-16-13/h8-11H,3-7H2,1-2H3,(H2,14,15,16,17). The van der Waals surface area contributed by atoms with Gasteiger partial charge in [-0.05, 0) is 18.8 Å².